The van der Waals surface area contributed by atoms with Gasteiger partial charge in [-0.25, -0.2) is 4.63 Å². The fourth-order valence-corrected chi connectivity index (χ4v) is 4.15. The maximum absolute atomic E-state index is 13.1. The van der Waals surface area contributed by atoms with Gasteiger partial charge in [0.15, 0.2) is 5.69 Å². The van der Waals surface area contributed by atoms with Crippen LogP contribution in [0.25, 0.3) is 0 Å². The predicted molar refractivity (Wildman–Crippen MR) is 110 cm³/mol. The Morgan fingerprint density at radius 2 is 1.97 bits per heavy atom. The summed E-state index contributed by atoms with van der Waals surface area (Å²) in [6.07, 6.45) is -2.30. The molecule has 6 nitrogen and oxygen atoms in total. The third-order valence-electron chi connectivity index (χ3n) is 5.68. The number of pyridine rings is 1. The summed E-state index contributed by atoms with van der Waals surface area (Å²) < 4.78 is 43.8. The summed E-state index contributed by atoms with van der Waals surface area (Å²) in [5, 5.41) is 7.39. The zero-order valence-electron chi connectivity index (χ0n) is 17.8. The number of rotatable bonds is 4. The molecule has 0 spiro atoms. The van der Waals surface area contributed by atoms with Crippen molar-refractivity contribution >= 4 is 5.91 Å². The Morgan fingerprint density at radius 1 is 1.16 bits per heavy atom. The first-order valence-corrected chi connectivity index (χ1v) is 10.4. The van der Waals surface area contributed by atoms with Gasteiger partial charge in [-0.2, -0.15) is 13.2 Å². The molecule has 1 amide bonds. The molecule has 0 bridgehead atoms. The van der Waals surface area contributed by atoms with Gasteiger partial charge >= 0.3 is 6.18 Å². The Morgan fingerprint density at radius 3 is 2.69 bits per heavy atom. The molecule has 3 heterocycles. The number of carbonyl (C=O) groups excluding carboxylic acids is 1. The Bertz CT molecular complexity index is 1130. The monoisotopic (exact) mass is 444 g/mol. The smallest absolute Gasteiger partial charge is 0.336 e. The van der Waals surface area contributed by atoms with E-state index in [-0.39, 0.29) is 17.5 Å². The molecule has 9 heteroatoms. The molecule has 1 aliphatic heterocycles. The number of aryl methyl sites for hydroxylation is 2. The maximum Gasteiger partial charge on any atom is 0.416 e. The number of carbonyl (C=O) groups is 1. The van der Waals surface area contributed by atoms with E-state index in [0.29, 0.717) is 30.8 Å². The molecular formula is C23H23F3N4O2. The molecule has 1 atom stereocenters. The summed E-state index contributed by atoms with van der Waals surface area (Å²) in [7, 11) is 0. The summed E-state index contributed by atoms with van der Waals surface area (Å²) >= 11 is 0. The lowest BCUT2D eigenvalue weighted by Gasteiger charge is -2.32. The standard InChI is InChI=1S/C23H23F3N4O2/c1-14-9-17(10-16-5-3-7-19(11-16)23(24,25)26)12-20(27-14)18-6-4-8-30(13-18)22(31)21-15(2)28-32-29-21/h3,5,7,9,11-12,18H,4,6,8,10,13H2,1-2H3/t18-/m1/s1. The first kappa shape index (κ1) is 22.0. The average Bonchev–Trinajstić information content (AvgIpc) is 3.18. The lowest BCUT2D eigenvalue weighted by molar-refractivity contribution is -0.137. The minimum atomic E-state index is -4.37. The van der Waals surface area contributed by atoms with E-state index >= 15 is 0 Å². The Kier molecular flexibility index (Phi) is 5.99. The highest BCUT2D eigenvalue weighted by molar-refractivity contribution is 5.93. The van der Waals surface area contributed by atoms with E-state index in [0.717, 1.165) is 35.9 Å². The SMILES string of the molecule is Cc1cc(Cc2cccc(C(F)(F)F)c2)cc([C@@H]2CCCN(C(=O)c3nonc3C)C2)n1. The second-order valence-electron chi connectivity index (χ2n) is 8.21. The minimum absolute atomic E-state index is 0.0352. The van der Waals surface area contributed by atoms with Crippen molar-refractivity contribution in [1.29, 1.82) is 0 Å². The van der Waals surface area contributed by atoms with Crippen LogP contribution in [0.5, 0.6) is 0 Å². The highest BCUT2D eigenvalue weighted by Gasteiger charge is 2.31. The van der Waals surface area contributed by atoms with Crippen LogP contribution in [0.4, 0.5) is 13.2 Å². The van der Waals surface area contributed by atoms with Gasteiger partial charge in [0.1, 0.15) is 5.69 Å². The topological polar surface area (TPSA) is 72.1 Å². The number of amides is 1. The third kappa shape index (κ3) is 4.81. The lowest BCUT2D eigenvalue weighted by atomic mass is 9.92. The number of alkyl halides is 3. The number of likely N-dealkylation sites (tertiary alicyclic amines) is 1. The number of hydrogen-bond donors (Lipinski definition) is 0. The van der Waals surface area contributed by atoms with Crippen LogP contribution in [0.15, 0.2) is 41.0 Å². The highest BCUT2D eigenvalue weighted by Crippen LogP contribution is 2.31. The number of nitrogens with zero attached hydrogens (tertiary/aromatic N) is 4. The molecule has 3 aromatic rings. The molecule has 0 N–H and O–H groups in total. The summed E-state index contributed by atoms with van der Waals surface area (Å²) in [6.45, 7) is 4.65. The van der Waals surface area contributed by atoms with Crippen molar-refractivity contribution in [1.82, 2.24) is 20.2 Å². The van der Waals surface area contributed by atoms with E-state index < -0.39 is 11.7 Å². The molecule has 0 radical (unpaired) electrons. The van der Waals surface area contributed by atoms with Crippen LogP contribution < -0.4 is 0 Å². The average molecular weight is 444 g/mol. The van der Waals surface area contributed by atoms with Crippen LogP contribution in [-0.4, -0.2) is 39.2 Å². The molecule has 1 aliphatic rings. The zero-order valence-corrected chi connectivity index (χ0v) is 17.8. The van der Waals surface area contributed by atoms with E-state index in [1.54, 1.807) is 17.9 Å². The van der Waals surface area contributed by atoms with Crippen LogP contribution >= 0.6 is 0 Å². The van der Waals surface area contributed by atoms with Gasteiger partial charge in [0.05, 0.1) is 5.56 Å². The van der Waals surface area contributed by atoms with Gasteiger partial charge in [-0.05, 0) is 67.6 Å². The predicted octanol–water partition coefficient (Wildman–Crippen LogP) is 4.71. The van der Waals surface area contributed by atoms with Crippen LogP contribution in [0, 0.1) is 13.8 Å². The number of halogens is 3. The summed E-state index contributed by atoms with van der Waals surface area (Å²) in [4.78, 5) is 19.2. The maximum atomic E-state index is 13.1. The van der Waals surface area contributed by atoms with Gasteiger partial charge in [0.25, 0.3) is 5.91 Å². The van der Waals surface area contributed by atoms with E-state index in [1.165, 1.54) is 12.1 Å². The van der Waals surface area contributed by atoms with Gasteiger partial charge in [-0.15, -0.1) is 0 Å². The normalized spacial score (nSPS) is 16.9. The van der Waals surface area contributed by atoms with Crippen molar-refractivity contribution in [2.24, 2.45) is 0 Å². The van der Waals surface area contributed by atoms with E-state index in [1.807, 2.05) is 19.1 Å². The van der Waals surface area contributed by atoms with Crippen molar-refractivity contribution in [3.05, 3.63) is 75.9 Å². The quantitative estimate of drug-likeness (QED) is 0.583. The van der Waals surface area contributed by atoms with Crippen molar-refractivity contribution < 1.29 is 22.6 Å². The van der Waals surface area contributed by atoms with E-state index in [9.17, 15) is 18.0 Å². The second kappa shape index (κ2) is 8.72. The molecule has 2 aromatic heterocycles. The first-order valence-electron chi connectivity index (χ1n) is 10.4. The Balaban J connectivity index is 1.54. The third-order valence-corrected chi connectivity index (χ3v) is 5.68. The summed E-state index contributed by atoms with van der Waals surface area (Å²) in [5.41, 5.74) is 3.14. The van der Waals surface area contributed by atoms with Gasteiger partial charge in [0.2, 0.25) is 0 Å². The lowest BCUT2D eigenvalue weighted by Crippen LogP contribution is -2.39. The molecular weight excluding hydrogens is 421 g/mol. The van der Waals surface area contributed by atoms with Crippen LogP contribution in [0.1, 0.15) is 63.0 Å². The van der Waals surface area contributed by atoms with Crippen LogP contribution in [0.3, 0.4) is 0 Å². The van der Waals surface area contributed by atoms with Gasteiger partial charge in [0, 0.05) is 30.4 Å². The minimum Gasteiger partial charge on any atom is -0.336 e. The van der Waals surface area contributed by atoms with Crippen LogP contribution in [-0.2, 0) is 12.6 Å². The molecule has 32 heavy (non-hydrogen) atoms. The summed E-state index contributed by atoms with van der Waals surface area (Å²) in [6, 6.07) is 9.21. The fourth-order valence-electron chi connectivity index (χ4n) is 4.15. The first-order chi connectivity index (χ1) is 15.2. The second-order valence-corrected chi connectivity index (χ2v) is 8.21. The van der Waals surface area contributed by atoms with Gasteiger partial charge < -0.3 is 4.90 Å². The molecule has 1 fully saturated rings. The van der Waals surface area contributed by atoms with Crippen molar-refractivity contribution in [3.63, 3.8) is 0 Å². The van der Waals surface area contributed by atoms with E-state index in [2.05, 4.69) is 19.9 Å². The number of aromatic nitrogens is 3. The van der Waals surface area contributed by atoms with Gasteiger partial charge in [-0.3, -0.25) is 9.78 Å². The van der Waals surface area contributed by atoms with Gasteiger partial charge in [-0.1, -0.05) is 23.4 Å². The molecule has 0 unspecified atom stereocenters. The molecule has 4 rings (SSSR count). The summed E-state index contributed by atoms with van der Waals surface area (Å²) in [5.74, 6) is -0.182. The molecule has 0 aliphatic carbocycles. The fraction of sp³-hybridized carbons (Fsp3) is 0.391. The van der Waals surface area contributed by atoms with Crippen LogP contribution in [0.2, 0.25) is 0 Å². The Hall–Kier alpha value is -3.23. The Labute approximate surface area is 183 Å². The van der Waals surface area contributed by atoms with Crippen molar-refractivity contribution in [2.75, 3.05) is 13.1 Å². The highest BCUT2D eigenvalue weighted by atomic mass is 19.4. The van der Waals surface area contributed by atoms with E-state index in [4.69, 9.17) is 0 Å². The van der Waals surface area contributed by atoms with Crippen molar-refractivity contribution in [3.8, 4) is 0 Å². The number of piperidine rings is 1. The molecule has 1 aromatic carbocycles. The zero-order chi connectivity index (χ0) is 22.9. The molecule has 0 saturated carbocycles. The molecule has 168 valence electrons. The largest absolute Gasteiger partial charge is 0.416 e. The number of benzene rings is 1. The molecule has 1 saturated heterocycles. The van der Waals surface area contributed by atoms with Crippen molar-refractivity contribution in [2.45, 2.75) is 45.2 Å². The number of hydrogen-bond acceptors (Lipinski definition) is 5.